The molecule has 0 saturated carbocycles. The summed E-state index contributed by atoms with van der Waals surface area (Å²) in [6.07, 6.45) is 4.35. The van der Waals surface area contributed by atoms with E-state index in [2.05, 4.69) is 42.8 Å². The van der Waals surface area contributed by atoms with E-state index in [0.29, 0.717) is 24.3 Å². The van der Waals surface area contributed by atoms with Crippen molar-refractivity contribution in [1.82, 2.24) is 14.8 Å². The van der Waals surface area contributed by atoms with Crippen molar-refractivity contribution >= 4 is 5.91 Å². The van der Waals surface area contributed by atoms with Crippen molar-refractivity contribution in [1.29, 1.82) is 0 Å². The lowest BCUT2D eigenvalue weighted by Crippen LogP contribution is -2.49. The van der Waals surface area contributed by atoms with Crippen LogP contribution in [-0.2, 0) is 4.79 Å². The first-order valence-electron chi connectivity index (χ1n) is 7.49. The van der Waals surface area contributed by atoms with Gasteiger partial charge in [-0.2, -0.15) is 0 Å². The van der Waals surface area contributed by atoms with E-state index in [1.54, 1.807) is 0 Å². The number of carbonyl (C=O) groups excluding carboxylic acids is 1. The molecule has 0 radical (unpaired) electrons. The number of piperazine rings is 1. The van der Waals surface area contributed by atoms with E-state index in [4.69, 9.17) is 0 Å². The predicted octanol–water partition coefficient (Wildman–Crippen LogP) is 2.33. The van der Waals surface area contributed by atoms with E-state index in [1.807, 2.05) is 17.3 Å². The van der Waals surface area contributed by atoms with E-state index < -0.39 is 0 Å². The standard InChI is InChI=1S/C16H25N3O/c1-13(2)12-16(20)19-10-8-18(9-11-19)14(3)15-4-6-17-7-5-15/h4-7,13-14H,8-12H2,1-3H3. The summed E-state index contributed by atoms with van der Waals surface area (Å²) in [7, 11) is 0. The Morgan fingerprint density at radius 2 is 1.75 bits per heavy atom. The fourth-order valence-corrected chi connectivity index (χ4v) is 2.69. The van der Waals surface area contributed by atoms with E-state index in [0.717, 1.165) is 26.2 Å². The van der Waals surface area contributed by atoms with Gasteiger partial charge in [-0.15, -0.1) is 0 Å². The van der Waals surface area contributed by atoms with Crippen molar-refractivity contribution < 1.29 is 4.79 Å². The third-order valence-corrected chi connectivity index (χ3v) is 3.99. The van der Waals surface area contributed by atoms with E-state index in [-0.39, 0.29) is 0 Å². The Kier molecular flexibility index (Phi) is 5.12. The lowest BCUT2D eigenvalue weighted by atomic mass is 10.1. The van der Waals surface area contributed by atoms with Gasteiger partial charge in [-0.05, 0) is 30.5 Å². The van der Waals surface area contributed by atoms with Crippen molar-refractivity contribution in [2.24, 2.45) is 5.92 Å². The molecule has 1 aliphatic rings. The summed E-state index contributed by atoms with van der Waals surface area (Å²) >= 11 is 0. The molecule has 2 rings (SSSR count). The molecule has 0 N–H and O–H groups in total. The second-order valence-corrected chi connectivity index (χ2v) is 5.97. The minimum atomic E-state index is 0.302. The normalized spacial score (nSPS) is 18.3. The predicted molar refractivity (Wildman–Crippen MR) is 80.3 cm³/mol. The highest BCUT2D eigenvalue weighted by Crippen LogP contribution is 2.21. The van der Waals surface area contributed by atoms with Gasteiger partial charge >= 0.3 is 0 Å². The Hall–Kier alpha value is -1.42. The molecule has 0 spiro atoms. The highest BCUT2D eigenvalue weighted by molar-refractivity contribution is 5.76. The van der Waals surface area contributed by atoms with Crippen LogP contribution in [0, 0.1) is 5.92 Å². The molecule has 2 heterocycles. The van der Waals surface area contributed by atoms with Gasteiger partial charge in [-0.25, -0.2) is 0 Å². The van der Waals surface area contributed by atoms with Crippen LogP contribution >= 0.6 is 0 Å². The molecule has 1 aromatic rings. The van der Waals surface area contributed by atoms with Crippen molar-refractivity contribution in [3.05, 3.63) is 30.1 Å². The maximum absolute atomic E-state index is 12.1. The van der Waals surface area contributed by atoms with E-state index in [1.165, 1.54) is 5.56 Å². The van der Waals surface area contributed by atoms with Gasteiger partial charge in [-0.1, -0.05) is 13.8 Å². The molecule has 1 aliphatic heterocycles. The van der Waals surface area contributed by atoms with Gasteiger partial charge in [0.25, 0.3) is 0 Å². The molecule has 1 aromatic heterocycles. The number of pyridine rings is 1. The number of nitrogens with zero attached hydrogens (tertiary/aromatic N) is 3. The summed E-state index contributed by atoms with van der Waals surface area (Å²) in [5, 5.41) is 0. The van der Waals surface area contributed by atoms with Crippen LogP contribution < -0.4 is 0 Å². The topological polar surface area (TPSA) is 36.4 Å². The van der Waals surface area contributed by atoms with Crippen molar-refractivity contribution in [3.63, 3.8) is 0 Å². The largest absolute Gasteiger partial charge is 0.340 e. The van der Waals surface area contributed by atoms with E-state index >= 15 is 0 Å². The first-order valence-corrected chi connectivity index (χ1v) is 7.49. The second-order valence-electron chi connectivity index (χ2n) is 5.97. The van der Waals surface area contributed by atoms with Gasteiger partial charge in [-0.3, -0.25) is 14.7 Å². The Balaban J connectivity index is 1.87. The second kappa shape index (κ2) is 6.84. The molecule has 0 aromatic carbocycles. The highest BCUT2D eigenvalue weighted by Gasteiger charge is 2.24. The molecule has 1 saturated heterocycles. The molecule has 0 aliphatic carbocycles. The average Bonchev–Trinajstić information content (AvgIpc) is 2.47. The molecule has 1 unspecified atom stereocenters. The monoisotopic (exact) mass is 275 g/mol. The lowest BCUT2D eigenvalue weighted by Gasteiger charge is -2.38. The minimum absolute atomic E-state index is 0.302. The third kappa shape index (κ3) is 3.79. The first kappa shape index (κ1) is 15.0. The van der Waals surface area contributed by atoms with Crippen LogP contribution in [0.15, 0.2) is 24.5 Å². The zero-order chi connectivity index (χ0) is 14.5. The summed E-state index contributed by atoms with van der Waals surface area (Å²) in [4.78, 5) is 20.6. The minimum Gasteiger partial charge on any atom is -0.340 e. The van der Waals surface area contributed by atoms with Crippen LogP contribution in [0.4, 0.5) is 0 Å². The molecule has 1 amide bonds. The lowest BCUT2D eigenvalue weighted by molar-refractivity contribution is -0.134. The first-order chi connectivity index (χ1) is 9.58. The Bertz CT molecular complexity index is 425. The number of carbonyl (C=O) groups is 1. The molecule has 0 bridgehead atoms. The van der Waals surface area contributed by atoms with E-state index in [9.17, 15) is 4.79 Å². The van der Waals surface area contributed by atoms with Gasteiger partial charge in [0.2, 0.25) is 5.91 Å². The number of amides is 1. The molecular weight excluding hydrogens is 250 g/mol. The zero-order valence-electron chi connectivity index (χ0n) is 12.7. The van der Waals surface area contributed by atoms with Crippen LogP contribution in [-0.4, -0.2) is 46.9 Å². The molecule has 20 heavy (non-hydrogen) atoms. The molecule has 4 nitrogen and oxygen atoms in total. The van der Waals surface area contributed by atoms with Crippen LogP contribution in [0.2, 0.25) is 0 Å². The third-order valence-electron chi connectivity index (χ3n) is 3.99. The maximum atomic E-state index is 12.1. The van der Waals surface area contributed by atoms with Crippen LogP contribution in [0.1, 0.15) is 38.8 Å². The van der Waals surface area contributed by atoms with Crippen molar-refractivity contribution in [3.8, 4) is 0 Å². The summed E-state index contributed by atoms with van der Waals surface area (Å²) in [6, 6.07) is 4.53. The highest BCUT2D eigenvalue weighted by atomic mass is 16.2. The number of hydrogen-bond acceptors (Lipinski definition) is 3. The number of rotatable bonds is 4. The van der Waals surface area contributed by atoms with Crippen molar-refractivity contribution in [2.45, 2.75) is 33.2 Å². The van der Waals surface area contributed by atoms with Gasteiger partial charge in [0.05, 0.1) is 0 Å². The quantitative estimate of drug-likeness (QED) is 0.846. The summed E-state index contributed by atoms with van der Waals surface area (Å²) in [6.45, 7) is 10.0. The van der Waals surface area contributed by atoms with Crippen LogP contribution in [0.5, 0.6) is 0 Å². The molecule has 110 valence electrons. The molecule has 4 heteroatoms. The van der Waals surface area contributed by atoms with Gasteiger partial charge in [0.1, 0.15) is 0 Å². The fourth-order valence-electron chi connectivity index (χ4n) is 2.69. The summed E-state index contributed by atoms with van der Waals surface area (Å²) < 4.78 is 0. The Labute approximate surface area is 121 Å². The number of aromatic nitrogens is 1. The zero-order valence-corrected chi connectivity index (χ0v) is 12.7. The van der Waals surface area contributed by atoms with Gasteiger partial charge < -0.3 is 4.90 Å². The molecule has 1 fully saturated rings. The summed E-state index contributed by atoms with van der Waals surface area (Å²) in [5.74, 6) is 0.743. The molecular formula is C16H25N3O. The Morgan fingerprint density at radius 1 is 1.15 bits per heavy atom. The summed E-state index contributed by atoms with van der Waals surface area (Å²) in [5.41, 5.74) is 1.29. The van der Waals surface area contributed by atoms with Gasteiger partial charge in [0, 0.05) is 51.0 Å². The fraction of sp³-hybridized carbons (Fsp3) is 0.625. The smallest absolute Gasteiger partial charge is 0.222 e. The molecule has 1 atom stereocenters. The number of hydrogen-bond donors (Lipinski definition) is 0. The van der Waals surface area contributed by atoms with Gasteiger partial charge in [0.15, 0.2) is 0 Å². The average molecular weight is 275 g/mol. The SMILES string of the molecule is CC(C)CC(=O)N1CCN(C(C)c2ccncc2)CC1. The maximum Gasteiger partial charge on any atom is 0.222 e. The van der Waals surface area contributed by atoms with Crippen molar-refractivity contribution in [2.75, 3.05) is 26.2 Å². The van der Waals surface area contributed by atoms with Crippen LogP contribution in [0.25, 0.3) is 0 Å². The van der Waals surface area contributed by atoms with Crippen LogP contribution in [0.3, 0.4) is 0 Å². The Morgan fingerprint density at radius 3 is 2.30 bits per heavy atom.